The van der Waals surface area contributed by atoms with Crippen LogP contribution in [0, 0.1) is 11.7 Å². The first-order valence-corrected chi connectivity index (χ1v) is 14.4. The lowest BCUT2D eigenvalue weighted by molar-refractivity contribution is -0.138. The average Bonchev–Trinajstić information content (AvgIpc) is 2.99. The van der Waals surface area contributed by atoms with Crippen LogP contribution >= 0.6 is 0 Å². The van der Waals surface area contributed by atoms with Gasteiger partial charge in [0.1, 0.15) is 5.82 Å². The van der Waals surface area contributed by atoms with Crippen LogP contribution in [-0.2, 0) is 10.9 Å². The summed E-state index contributed by atoms with van der Waals surface area (Å²) in [6.45, 7) is 9.56. The Morgan fingerprint density at radius 3 is 2.48 bits per heavy atom. The summed E-state index contributed by atoms with van der Waals surface area (Å²) in [7, 11) is 1.97. The Labute approximate surface area is 252 Å². The molecule has 2 fully saturated rings. The van der Waals surface area contributed by atoms with Gasteiger partial charge in [-0.05, 0) is 32.0 Å². The highest BCUT2D eigenvalue weighted by atomic mass is 19.4. The second-order valence-electron chi connectivity index (χ2n) is 11.6. The quantitative estimate of drug-likeness (QED) is 0.396. The number of carbonyl (C=O) groups is 1. The number of aromatic nitrogens is 3. The van der Waals surface area contributed by atoms with E-state index in [9.17, 15) is 22.8 Å². The molecule has 44 heavy (non-hydrogen) atoms. The van der Waals surface area contributed by atoms with Crippen molar-refractivity contribution in [2.75, 3.05) is 61.5 Å². The summed E-state index contributed by atoms with van der Waals surface area (Å²) in [6.07, 6.45) is -1.23. The number of anilines is 3. The summed E-state index contributed by atoms with van der Waals surface area (Å²) < 4.78 is 62.7. The van der Waals surface area contributed by atoms with Gasteiger partial charge in [-0.3, -0.25) is 9.59 Å². The van der Waals surface area contributed by atoms with Crippen molar-refractivity contribution in [2.24, 2.45) is 5.92 Å². The maximum atomic E-state index is 15.7. The van der Waals surface area contributed by atoms with Gasteiger partial charge in [0.05, 0.1) is 35.2 Å². The fraction of sp³-hybridized carbons (Fsp3) is 0.467. The Bertz CT molecular complexity index is 1560. The first-order valence-electron chi connectivity index (χ1n) is 14.4. The van der Waals surface area contributed by atoms with Gasteiger partial charge in [0, 0.05) is 74.5 Å². The number of piperazine rings is 1. The van der Waals surface area contributed by atoms with Gasteiger partial charge in [-0.1, -0.05) is 13.8 Å². The van der Waals surface area contributed by atoms with Gasteiger partial charge in [-0.25, -0.2) is 14.4 Å². The van der Waals surface area contributed by atoms with Gasteiger partial charge in [-0.2, -0.15) is 13.2 Å². The number of ether oxygens (including phenoxy) is 1. The molecule has 1 amide bonds. The largest absolute Gasteiger partial charge is 0.417 e. The van der Waals surface area contributed by atoms with Crippen LogP contribution in [0.25, 0.3) is 11.1 Å². The molecule has 2 atom stereocenters. The molecule has 0 radical (unpaired) electrons. The molecule has 14 heteroatoms. The molecule has 2 aliphatic heterocycles. The van der Waals surface area contributed by atoms with Crippen molar-refractivity contribution in [3.63, 3.8) is 0 Å². The summed E-state index contributed by atoms with van der Waals surface area (Å²) in [6, 6.07) is 3.09. The molecule has 0 aliphatic carbocycles. The zero-order valence-corrected chi connectivity index (χ0v) is 24.9. The van der Waals surface area contributed by atoms with Gasteiger partial charge < -0.3 is 29.7 Å². The van der Waals surface area contributed by atoms with Crippen LogP contribution in [0.3, 0.4) is 0 Å². The molecular formula is C30H35F4N7O3. The molecule has 2 saturated heterocycles. The van der Waals surface area contributed by atoms with Crippen molar-refractivity contribution in [1.29, 1.82) is 0 Å². The molecule has 5 rings (SSSR count). The van der Waals surface area contributed by atoms with Crippen LogP contribution in [0.5, 0.6) is 0 Å². The van der Waals surface area contributed by atoms with Gasteiger partial charge >= 0.3 is 6.18 Å². The molecule has 2 aliphatic rings. The van der Waals surface area contributed by atoms with Crippen molar-refractivity contribution in [3.05, 3.63) is 64.1 Å². The minimum atomic E-state index is -4.95. The number of hydrogen-bond acceptors (Lipinski definition) is 8. The summed E-state index contributed by atoms with van der Waals surface area (Å²) in [4.78, 5) is 42.0. The predicted molar refractivity (Wildman–Crippen MR) is 159 cm³/mol. The van der Waals surface area contributed by atoms with E-state index in [1.165, 1.54) is 24.5 Å². The van der Waals surface area contributed by atoms with Crippen molar-refractivity contribution in [1.82, 2.24) is 19.9 Å². The monoisotopic (exact) mass is 617 g/mol. The zero-order valence-electron chi connectivity index (χ0n) is 24.9. The van der Waals surface area contributed by atoms with E-state index in [1.807, 2.05) is 23.8 Å². The van der Waals surface area contributed by atoms with E-state index in [4.69, 9.17) is 4.74 Å². The number of alkyl halides is 3. The lowest BCUT2D eigenvalue weighted by Gasteiger charge is -2.39. The Morgan fingerprint density at radius 2 is 1.82 bits per heavy atom. The minimum Gasteiger partial charge on any atom is -0.374 e. The number of nitrogens with one attached hydrogen (secondary N) is 2. The maximum absolute atomic E-state index is 15.7. The fourth-order valence-corrected chi connectivity index (χ4v) is 5.38. The molecule has 4 heterocycles. The molecule has 0 saturated carbocycles. The topological polar surface area (TPSA) is 107 Å². The van der Waals surface area contributed by atoms with Crippen LogP contribution in [0.2, 0.25) is 0 Å². The van der Waals surface area contributed by atoms with E-state index in [1.54, 1.807) is 0 Å². The SMILES string of the molecule is CC(C)C1CN(c2ncc(-c3cc(NC(=O)c4c[nH]c(=O)cc4C(F)(F)F)c(N4CCN(C)C(C)C4)cc3F)cn2)CCO1. The Morgan fingerprint density at radius 1 is 1.09 bits per heavy atom. The average molecular weight is 618 g/mol. The third kappa shape index (κ3) is 6.70. The van der Waals surface area contributed by atoms with Gasteiger partial charge in [-0.15, -0.1) is 0 Å². The number of amides is 1. The number of likely N-dealkylation sites (N-methyl/N-ethyl adjacent to an activating group) is 1. The Balaban J connectivity index is 1.50. The number of pyridine rings is 1. The molecule has 0 bridgehead atoms. The standard InChI is InChI=1S/C30H35F4N7O3/c1-17(2)26-16-41(7-8-44-26)29-36-12-19(13-37-29)20-9-24(25(11-23(20)31)40-6-5-39(4)18(3)15-40)38-28(43)21-14-35-27(42)10-22(21)30(32,33)34/h9-14,17-18,26H,5-8,15-16H2,1-4H3,(H,35,42)(H,38,43). The highest BCUT2D eigenvalue weighted by Gasteiger charge is 2.36. The third-order valence-corrected chi connectivity index (χ3v) is 8.18. The van der Waals surface area contributed by atoms with E-state index >= 15 is 4.39 Å². The van der Waals surface area contributed by atoms with Crippen molar-refractivity contribution >= 4 is 23.2 Å². The summed E-state index contributed by atoms with van der Waals surface area (Å²) in [5.41, 5.74) is -2.31. The number of rotatable bonds is 6. The number of morpholine rings is 1. The predicted octanol–water partition coefficient (Wildman–Crippen LogP) is 4.24. The van der Waals surface area contributed by atoms with Crippen LogP contribution in [0.4, 0.5) is 34.9 Å². The Kier molecular flexibility index (Phi) is 8.93. The number of carbonyl (C=O) groups excluding carboxylic acids is 1. The number of halogens is 4. The summed E-state index contributed by atoms with van der Waals surface area (Å²) in [5, 5.41) is 2.55. The maximum Gasteiger partial charge on any atom is 0.417 e. The summed E-state index contributed by atoms with van der Waals surface area (Å²) in [5.74, 6) is -0.928. The lowest BCUT2D eigenvalue weighted by Crippen LogP contribution is -2.50. The first-order chi connectivity index (χ1) is 20.8. The van der Waals surface area contributed by atoms with Gasteiger partial charge in [0.15, 0.2) is 0 Å². The van der Waals surface area contributed by atoms with Gasteiger partial charge in [0.25, 0.3) is 5.91 Å². The Hall–Kier alpha value is -4.04. The molecule has 2 unspecified atom stereocenters. The second-order valence-corrected chi connectivity index (χ2v) is 11.6. The number of benzene rings is 1. The molecule has 0 spiro atoms. The van der Waals surface area contributed by atoms with E-state index in [-0.39, 0.29) is 23.4 Å². The molecule has 236 valence electrons. The number of H-pyrrole nitrogens is 1. The van der Waals surface area contributed by atoms with Crippen LogP contribution in [0.1, 0.15) is 36.7 Å². The normalized spacial score (nSPS) is 19.8. The molecule has 2 aromatic heterocycles. The van der Waals surface area contributed by atoms with E-state index in [2.05, 4.69) is 39.0 Å². The number of nitrogens with zero attached hydrogens (tertiary/aromatic N) is 5. The van der Waals surface area contributed by atoms with Gasteiger partial charge in [0.2, 0.25) is 11.5 Å². The summed E-state index contributed by atoms with van der Waals surface area (Å²) >= 11 is 0. The molecule has 3 aromatic rings. The fourth-order valence-electron chi connectivity index (χ4n) is 5.38. The highest BCUT2D eigenvalue weighted by molar-refractivity contribution is 6.07. The van der Waals surface area contributed by atoms with Crippen LogP contribution in [-0.4, -0.2) is 84.3 Å². The smallest absolute Gasteiger partial charge is 0.374 e. The second kappa shape index (κ2) is 12.5. The minimum absolute atomic E-state index is 0.0285. The van der Waals surface area contributed by atoms with Crippen molar-refractivity contribution in [3.8, 4) is 11.1 Å². The first kappa shape index (κ1) is 31.4. The molecule has 2 N–H and O–H groups in total. The highest BCUT2D eigenvalue weighted by Crippen LogP contribution is 2.37. The van der Waals surface area contributed by atoms with Crippen molar-refractivity contribution in [2.45, 2.75) is 39.1 Å². The van der Waals surface area contributed by atoms with E-state index in [0.29, 0.717) is 68.5 Å². The number of aromatic amines is 1. The van der Waals surface area contributed by atoms with Crippen LogP contribution in [0.15, 0.2) is 41.6 Å². The number of hydrogen-bond donors (Lipinski definition) is 2. The van der Waals surface area contributed by atoms with E-state index in [0.717, 1.165) is 6.20 Å². The van der Waals surface area contributed by atoms with Crippen LogP contribution < -0.4 is 20.7 Å². The zero-order chi connectivity index (χ0) is 31.8. The lowest BCUT2D eigenvalue weighted by atomic mass is 10.0. The third-order valence-electron chi connectivity index (χ3n) is 8.18. The molecule has 1 aromatic carbocycles. The van der Waals surface area contributed by atoms with Crippen molar-refractivity contribution < 1.29 is 27.1 Å². The molecule has 10 nitrogen and oxygen atoms in total. The molecular weight excluding hydrogens is 582 g/mol. The van der Waals surface area contributed by atoms with E-state index < -0.39 is 34.6 Å².